The molecule has 6 heteroatoms. The van der Waals surface area contributed by atoms with Gasteiger partial charge in [-0.25, -0.2) is 9.66 Å². The number of aryl methyl sites for hydroxylation is 1. The molecule has 0 unspecified atom stereocenters. The van der Waals surface area contributed by atoms with Crippen molar-refractivity contribution in [2.75, 3.05) is 5.43 Å². The third kappa shape index (κ3) is 2.53. The van der Waals surface area contributed by atoms with Gasteiger partial charge in [0, 0.05) is 24.0 Å². The van der Waals surface area contributed by atoms with E-state index >= 15 is 0 Å². The van der Waals surface area contributed by atoms with Crippen LogP contribution in [0.15, 0.2) is 48.9 Å². The zero-order valence-electron chi connectivity index (χ0n) is 11.3. The molecule has 0 aromatic carbocycles. The smallest absolute Gasteiger partial charge is 0.267 e. The summed E-state index contributed by atoms with van der Waals surface area (Å²) in [4.78, 5) is 20.5. The maximum absolute atomic E-state index is 12.3. The van der Waals surface area contributed by atoms with Crippen LogP contribution in [0.3, 0.4) is 0 Å². The third-order valence-electron chi connectivity index (χ3n) is 3.08. The standard InChI is InChI=1S/C15H12N4OS/c1-10-8-11-4-3-7-17-13(11)19(15(10)21)18-14(20)12-5-2-6-16-9-12/h2-9H,1H3,(H,18,20). The molecule has 0 fully saturated rings. The van der Waals surface area contributed by atoms with Crippen LogP contribution in [0.1, 0.15) is 15.9 Å². The number of hydrogen-bond acceptors (Lipinski definition) is 4. The van der Waals surface area contributed by atoms with Crippen LogP contribution >= 0.6 is 12.2 Å². The summed E-state index contributed by atoms with van der Waals surface area (Å²) in [6, 6.07) is 9.13. The number of hydrogen-bond donors (Lipinski definition) is 1. The zero-order valence-corrected chi connectivity index (χ0v) is 12.1. The van der Waals surface area contributed by atoms with Gasteiger partial charge in [0.15, 0.2) is 5.65 Å². The highest BCUT2D eigenvalue weighted by Crippen LogP contribution is 2.14. The minimum absolute atomic E-state index is 0.281. The van der Waals surface area contributed by atoms with Crippen LogP contribution < -0.4 is 5.43 Å². The molecule has 1 amide bonds. The van der Waals surface area contributed by atoms with E-state index in [1.807, 2.05) is 25.1 Å². The second-order valence-electron chi connectivity index (χ2n) is 4.57. The molecule has 0 atom stereocenters. The lowest BCUT2D eigenvalue weighted by molar-refractivity contribution is 0.101. The molecular weight excluding hydrogens is 284 g/mol. The van der Waals surface area contributed by atoms with Crippen molar-refractivity contribution < 1.29 is 4.79 Å². The Bertz CT molecular complexity index is 874. The van der Waals surface area contributed by atoms with E-state index in [1.54, 1.807) is 24.5 Å². The van der Waals surface area contributed by atoms with Crippen molar-refractivity contribution in [1.29, 1.82) is 0 Å². The van der Waals surface area contributed by atoms with Crippen molar-refractivity contribution in [1.82, 2.24) is 14.6 Å². The molecule has 3 rings (SSSR count). The molecule has 104 valence electrons. The number of fused-ring (bicyclic) bond motifs is 1. The van der Waals surface area contributed by atoms with E-state index in [1.165, 1.54) is 10.9 Å². The first-order chi connectivity index (χ1) is 10.2. The van der Waals surface area contributed by atoms with Crippen molar-refractivity contribution in [2.24, 2.45) is 0 Å². The van der Waals surface area contributed by atoms with Crippen molar-refractivity contribution in [3.8, 4) is 0 Å². The van der Waals surface area contributed by atoms with E-state index in [9.17, 15) is 4.79 Å². The third-order valence-corrected chi connectivity index (χ3v) is 3.58. The van der Waals surface area contributed by atoms with E-state index in [0.29, 0.717) is 15.9 Å². The molecule has 21 heavy (non-hydrogen) atoms. The van der Waals surface area contributed by atoms with E-state index in [4.69, 9.17) is 12.2 Å². The molecule has 0 saturated carbocycles. The van der Waals surface area contributed by atoms with Crippen molar-refractivity contribution in [3.63, 3.8) is 0 Å². The van der Waals surface area contributed by atoms with Crippen molar-refractivity contribution in [3.05, 3.63) is 64.7 Å². The SMILES string of the molecule is Cc1cc2cccnc2n(NC(=O)c2cccnc2)c1=S. The highest BCUT2D eigenvalue weighted by atomic mass is 32.1. The summed E-state index contributed by atoms with van der Waals surface area (Å²) < 4.78 is 2.06. The number of nitrogens with zero attached hydrogens (tertiary/aromatic N) is 3. The Morgan fingerprint density at radius 1 is 1.29 bits per heavy atom. The summed E-state index contributed by atoms with van der Waals surface area (Å²) in [6.07, 6.45) is 4.79. The van der Waals surface area contributed by atoms with E-state index in [2.05, 4.69) is 15.4 Å². The van der Waals surface area contributed by atoms with Gasteiger partial charge in [-0.05, 0) is 42.8 Å². The summed E-state index contributed by atoms with van der Waals surface area (Å²) in [5.74, 6) is -0.281. The molecule has 3 aromatic heterocycles. The summed E-state index contributed by atoms with van der Waals surface area (Å²) in [5.41, 5.74) is 4.76. The highest BCUT2D eigenvalue weighted by molar-refractivity contribution is 7.71. The second kappa shape index (κ2) is 5.41. The number of aromatic nitrogens is 3. The number of amides is 1. The summed E-state index contributed by atoms with van der Waals surface area (Å²) >= 11 is 5.38. The maximum Gasteiger partial charge on any atom is 0.271 e. The highest BCUT2D eigenvalue weighted by Gasteiger charge is 2.10. The van der Waals surface area contributed by atoms with Gasteiger partial charge in [0.1, 0.15) is 4.64 Å². The van der Waals surface area contributed by atoms with Gasteiger partial charge in [-0.15, -0.1) is 0 Å². The van der Waals surface area contributed by atoms with Gasteiger partial charge in [0.2, 0.25) is 0 Å². The molecule has 0 radical (unpaired) electrons. The molecule has 0 spiro atoms. The average Bonchev–Trinajstić information content (AvgIpc) is 2.52. The molecule has 1 N–H and O–H groups in total. The quantitative estimate of drug-likeness (QED) is 0.739. The number of nitrogens with one attached hydrogen (secondary N) is 1. The molecule has 0 bridgehead atoms. The first-order valence-electron chi connectivity index (χ1n) is 6.35. The molecule has 0 aliphatic heterocycles. The van der Waals surface area contributed by atoms with Crippen LogP contribution in [0, 0.1) is 11.6 Å². The Morgan fingerprint density at radius 3 is 2.86 bits per heavy atom. The van der Waals surface area contributed by atoms with Crippen LogP contribution in [0.2, 0.25) is 0 Å². The van der Waals surface area contributed by atoms with E-state index in [0.717, 1.165) is 10.9 Å². The predicted octanol–water partition coefficient (Wildman–Crippen LogP) is 2.85. The summed E-state index contributed by atoms with van der Waals surface area (Å²) in [5, 5.41) is 0.912. The van der Waals surface area contributed by atoms with Crippen LogP contribution in [-0.2, 0) is 0 Å². The lowest BCUT2D eigenvalue weighted by Crippen LogP contribution is -2.25. The Morgan fingerprint density at radius 2 is 2.10 bits per heavy atom. The summed E-state index contributed by atoms with van der Waals surface area (Å²) in [6.45, 7) is 1.90. The van der Waals surface area contributed by atoms with Gasteiger partial charge < -0.3 is 0 Å². The van der Waals surface area contributed by atoms with Gasteiger partial charge in [-0.1, -0.05) is 12.2 Å². The number of rotatable bonds is 2. The first-order valence-corrected chi connectivity index (χ1v) is 6.76. The molecule has 3 heterocycles. The van der Waals surface area contributed by atoms with E-state index in [-0.39, 0.29) is 5.91 Å². The van der Waals surface area contributed by atoms with Gasteiger partial charge in [0.25, 0.3) is 5.91 Å². The minimum Gasteiger partial charge on any atom is -0.267 e. The molecule has 5 nitrogen and oxygen atoms in total. The molecule has 0 aliphatic rings. The molecular formula is C15H12N4OS. The molecule has 3 aromatic rings. The second-order valence-corrected chi connectivity index (χ2v) is 4.95. The minimum atomic E-state index is -0.281. The zero-order chi connectivity index (χ0) is 14.8. The van der Waals surface area contributed by atoms with Crippen LogP contribution in [0.5, 0.6) is 0 Å². The van der Waals surface area contributed by atoms with Gasteiger partial charge in [-0.2, -0.15) is 0 Å². The van der Waals surface area contributed by atoms with Gasteiger partial charge in [0.05, 0.1) is 5.56 Å². The number of carbonyl (C=O) groups excluding carboxylic acids is 1. The summed E-state index contributed by atoms with van der Waals surface area (Å²) in [7, 11) is 0. The Hall–Kier alpha value is -2.60. The fourth-order valence-electron chi connectivity index (χ4n) is 2.04. The van der Waals surface area contributed by atoms with Crippen LogP contribution in [0.25, 0.3) is 11.0 Å². The first kappa shape index (κ1) is 13.4. The topological polar surface area (TPSA) is 59.8 Å². The molecule has 0 aliphatic carbocycles. The lowest BCUT2D eigenvalue weighted by atomic mass is 10.2. The Labute approximate surface area is 126 Å². The largest absolute Gasteiger partial charge is 0.271 e. The number of pyridine rings is 3. The fraction of sp³-hybridized carbons (Fsp3) is 0.0667. The van der Waals surface area contributed by atoms with Crippen molar-refractivity contribution in [2.45, 2.75) is 6.92 Å². The van der Waals surface area contributed by atoms with Crippen molar-refractivity contribution >= 4 is 29.2 Å². The van der Waals surface area contributed by atoms with Gasteiger partial charge >= 0.3 is 0 Å². The lowest BCUT2D eigenvalue weighted by Gasteiger charge is -2.13. The predicted molar refractivity (Wildman–Crippen MR) is 83.2 cm³/mol. The Balaban J connectivity index is 2.10. The van der Waals surface area contributed by atoms with Crippen LogP contribution in [-0.4, -0.2) is 20.6 Å². The van der Waals surface area contributed by atoms with E-state index < -0.39 is 0 Å². The monoisotopic (exact) mass is 296 g/mol. The van der Waals surface area contributed by atoms with Crippen LogP contribution in [0.4, 0.5) is 0 Å². The maximum atomic E-state index is 12.3. The average molecular weight is 296 g/mol. The normalized spacial score (nSPS) is 10.5. The fourth-order valence-corrected chi connectivity index (χ4v) is 2.23. The van der Waals surface area contributed by atoms with Gasteiger partial charge in [-0.3, -0.25) is 15.2 Å². The number of carbonyl (C=O) groups is 1. The Kier molecular flexibility index (Phi) is 3.45. The molecule has 0 saturated heterocycles.